The van der Waals surface area contributed by atoms with Crippen molar-refractivity contribution in [2.75, 3.05) is 0 Å². The molecule has 0 saturated heterocycles. The largest absolute Gasteiger partial charge is 0.0887 e. The van der Waals surface area contributed by atoms with Crippen molar-refractivity contribution in [3.8, 4) is 0 Å². The Balaban J connectivity index is 2.28. The molecule has 0 saturated carbocycles. The summed E-state index contributed by atoms with van der Waals surface area (Å²) in [6.45, 7) is 0. The number of alkyl halides is 1. The van der Waals surface area contributed by atoms with Crippen LogP contribution in [0.15, 0.2) is 12.2 Å². The van der Waals surface area contributed by atoms with Crippen LogP contribution in [0.4, 0.5) is 0 Å². The molecule has 0 aliphatic heterocycles. The van der Waals surface area contributed by atoms with Crippen molar-refractivity contribution >= 4 is 15.9 Å². The van der Waals surface area contributed by atoms with Crippen LogP contribution < -0.4 is 0 Å². The van der Waals surface area contributed by atoms with Crippen molar-refractivity contribution in [2.24, 2.45) is 0 Å². The molecule has 1 aliphatic carbocycles. The molecule has 1 unspecified atom stereocenters. The number of allylic oxidation sites excluding steroid dienone is 2. The van der Waals surface area contributed by atoms with Gasteiger partial charge in [0.1, 0.15) is 0 Å². The van der Waals surface area contributed by atoms with Gasteiger partial charge in [0.05, 0.1) is 0 Å². The van der Waals surface area contributed by atoms with Crippen LogP contribution >= 0.6 is 15.9 Å². The number of rotatable bonds is 0. The Morgan fingerprint density at radius 3 is 3.00 bits per heavy atom. The number of halogens is 1. The van der Waals surface area contributed by atoms with Gasteiger partial charge in [0.15, 0.2) is 0 Å². The molecule has 0 nitrogen and oxygen atoms in total. The van der Waals surface area contributed by atoms with Crippen LogP contribution in [0.1, 0.15) is 32.1 Å². The Labute approximate surface area is 65.5 Å². The maximum Gasteiger partial charge on any atom is 0.0180 e. The van der Waals surface area contributed by atoms with E-state index >= 15 is 0 Å². The molecule has 52 valence electrons. The smallest absolute Gasteiger partial charge is 0.0180 e. The quantitative estimate of drug-likeness (QED) is 0.405. The predicted octanol–water partition coefficient (Wildman–Crippen LogP) is 3.27. The molecule has 1 aliphatic rings. The van der Waals surface area contributed by atoms with E-state index in [1.807, 2.05) is 0 Å². The Morgan fingerprint density at radius 1 is 1.22 bits per heavy atom. The highest BCUT2D eigenvalue weighted by atomic mass is 79.9. The van der Waals surface area contributed by atoms with Crippen LogP contribution in [0.25, 0.3) is 0 Å². The van der Waals surface area contributed by atoms with Crippen LogP contribution in [0.3, 0.4) is 0 Å². The normalized spacial score (nSPS) is 29.2. The maximum atomic E-state index is 3.62. The van der Waals surface area contributed by atoms with E-state index in [9.17, 15) is 0 Å². The molecule has 1 rings (SSSR count). The molecule has 0 radical (unpaired) electrons. The summed E-state index contributed by atoms with van der Waals surface area (Å²) in [6, 6.07) is 0. The first-order valence-corrected chi connectivity index (χ1v) is 4.60. The Morgan fingerprint density at radius 2 is 2.11 bits per heavy atom. The minimum Gasteiger partial charge on any atom is -0.0887 e. The van der Waals surface area contributed by atoms with Crippen molar-refractivity contribution in [1.82, 2.24) is 0 Å². The van der Waals surface area contributed by atoms with Crippen molar-refractivity contribution < 1.29 is 0 Å². The van der Waals surface area contributed by atoms with Crippen LogP contribution in [-0.4, -0.2) is 4.83 Å². The summed E-state index contributed by atoms with van der Waals surface area (Å²) in [5.74, 6) is 0. The van der Waals surface area contributed by atoms with Gasteiger partial charge in [-0.2, -0.15) is 0 Å². The zero-order chi connectivity index (χ0) is 6.53. The van der Waals surface area contributed by atoms with Gasteiger partial charge in [-0.1, -0.05) is 34.5 Å². The van der Waals surface area contributed by atoms with Crippen LogP contribution in [0.5, 0.6) is 0 Å². The van der Waals surface area contributed by atoms with Gasteiger partial charge in [-0.05, 0) is 25.7 Å². The lowest BCUT2D eigenvalue weighted by Gasteiger charge is -2.08. The SMILES string of the molecule is BrC1CC=CCCCC1. The standard InChI is InChI=1S/C8H13Br/c9-8-6-4-2-1-3-5-7-8/h2,4,8H,1,3,5-7H2. The van der Waals surface area contributed by atoms with E-state index in [-0.39, 0.29) is 0 Å². The fraction of sp³-hybridized carbons (Fsp3) is 0.750. The minimum atomic E-state index is 0.744. The Kier molecular flexibility index (Phi) is 3.34. The third-order valence-corrected chi connectivity index (χ3v) is 2.53. The van der Waals surface area contributed by atoms with Crippen LogP contribution in [-0.2, 0) is 0 Å². The van der Waals surface area contributed by atoms with E-state index in [1.165, 1.54) is 32.1 Å². The molecule has 0 aromatic heterocycles. The lowest BCUT2D eigenvalue weighted by atomic mass is 10.1. The summed E-state index contributed by atoms with van der Waals surface area (Å²) in [4.78, 5) is 0.744. The molecule has 0 bridgehead atoms. The van der Waals surface area contributed by atoms with Gasteiger partial charge in [0.2, 0.25) is 0 Å². The summed E-state index contributed by atoms with van der Waals surface area (Å²) in [7, 11) is 0. The highest BCUT2D eigenvalue weighted by Gasteiger charge is 2.02. The fourth-order valence-corrected chi connectivity index (χ4v) is 1.65. The molecule has 0 aromatic carbocycles. The zero-order valence-electron chi connectivity index (χ0n) is 5.65. The van der Waals surface area contributed by atoms with Gasteiger partial charge in [0.25, 0.3) is 0 Å². The van der Waals surface area contributed by atoms with Gasteiger partial charge >= 0.3 is 0 Å². The summed E-state index contributed by atoms with van der Waals surface area (Å²) in [5.41, 5.74) is 0. The molecule has 9 heavy (non-hydrogen) atoms. The average molecular weight is 189 g/mol. The van der Waals surface area contributed by atoms with Gasteiger partial charge in [0, 0.05) is 4.83 Å². The maximum absolute atomic E-state index is 3.62. The highest BCUT2D eigenvalue weighted by molar-refractivity contribution is 9.09. The van der Waals surface area contributed by atoms with E-state index < -0.39 is 0 Å². The fourth-order valence-electron chi connectivity index (χ4n) is 1.11. The van der Waals surface area contributed by atoms with Crippen molar-refractivity contribution in [1.29, 1.82) is 0 Å². The minimum absolute atomic E-state index is 0.744. The third-order valence-electron chi connectivity index (χ3n) is 1.70. The topological polar surface area (TPSA) is 0 Å². The Bertz CT molecular complexity index is 96.7. The Hall–Kier alpha value is 0.220. The van der Waals surface area contributed by atoms with Gasteiger partial charge in [-0.3, -0.25) is 0 Å². The first kappa shape index (κ1) is 7.33. The summed E-state index contributed by atoms with van der Waals surface area (Å²) >= 11 is 3.62. The van der Waals surface area contributed by atoms with E-state index in [0.717, 1.165) is 4.83 Å². The van der Waals surface area contributed by atoms with E-state index in [1.54, 1.807) is 0 Å². The lowest BCUT2D eigenvalue weighted by molar-refractivity contribution is 0.655. The molecule has 1 heteroatoms. The second kappa shape index (κ2) is 4.10. The summed E-state index contributed by atoms with van der Waals surface area (Å²) in [6.07, 6.45) is 11.2. The zero-order valence-corrected chi connectivity index (χ0v) is 7.23. The predicted molar refractivity (Wildman–Crippen MR) is 44.9 cm³/mol. The molecule has 0 spiro atoms. The third kappa shape index (κ3) is 3.04. The number of hydrogen-bond acceptors (Lipinski definition) is 0. The second-order valence-corrected chi connectivity index (χ2v) is 3.88. The first-order valence-electron chi connectivity index (χ1n) is 3.68. The van der Waals surface area contributed by atoms with Crippen molar-refractivity contribution in [2.45, 2.75) is 36.9 Å². The molecule has 0 amide bonds. The molecule has 1 atom stereocenters. The molecular weight excluding hydrogens is 176 g/mol. The summed E-state index contributed by atoms with van der Waals surface area (Å²) < 4.78 is 0. The van der Waals surface area contributed by atoms with Crippen molar-refractivity contribution in [3.63, 3.8) is 0 Å². The first-order chi connectivity index (χ1) is 4.39. The van der Waals surface area contributed by atoms with Gasteiger partial charge in [-0.15, -0.1) is 0 Å². The monoisotopic (exact) mass is 188 g/mol. The number of hydrogen-bond donors (Lipinski definition) is 0. The molecule has 0 aromatic rings. The molecule has 0 fully saturated rings. The van der Waals surface area contributed by atoms with Crippen molar-refractivity contribution in [3.05, 3.63) is 12.2 Å². The summed E-state index contributed by atoms with van der Waals surface area (Å²) in [5, 5.41) is 0. The molecule has 0 N–H and O–H groups in total. The lowest BCUT2D eigenvalue weighted by Crippen LogP contribution is -1.96. The van der Waals surface area contributed by atoms with E-state index in [2.05, 4.69) is 28.1 Å². The highest BCUT2D eigenvalue weighted by Crippen LogP contribution is 2.17. The van der Waals surface area contributed by atoms with E-state index in [4.69, 9.17) is 0 Å². The molecular formula is C8H13Br. The van der Waals surface area contributed by atoms with Crippen LogP contribution in [0.2, 0.25) is 0 Å². The second-order valence-electron chi connectivity index (χ2n) is 2.59. The van der Waals surface area contributed by atoms with Crippen LogP contribution in [0, 0.1) is 0 Å². The average Bonchev–Trinajstić information content (AvgIpc) is 1.79. The molecule has 0 heterocycles. The van der Waals surface area contributed by atoms with Gasteiger partial charge < -0.3 is 0 Å². The van der Waals surface area contributed by atoms with Gasteiger partial charge in [-0.25, -0.2) is 0 Å². The van der Waals surface area contributed by atoms with E-state index in [0.29, 0.717) is 0 Å².